The number of rotatable bonds is 10. The van der Waals surface area contributed by atoms with Gasteiger partial charge in [0.25, 0.3) is 0 Å². The zero-order valence-corrected chi connectivity index (χ0v) is 14.6. The molecule has 0 fully saturated rings. The highest BCUT2D eigenvalue weighted by Gasteiger charge is 2.13. The molecule has 0 amide bonds. The lowest BCUT2D eigenvalue weighted by atomic mass is 10.1. The number of hydrogen-bond donors (Lipinski definition) is 3. The van der Waals surface area contributed by atoms with Gasteiger partial charge in [0.15, 0.2) is 0 Å². The van der Waals surface area contributed by atoms with Crippen molar-refractivity contribution in [2.75, 3.05) is 27.2 Å². The summed E-state index contributed by atoms with van der Waals surface area (Å²) in [6.07, 6.45) is 11.2. The molecule has 0 saturated heterocycles. The second kappa shape index (κ2) is 12.8. The monoisotopic (exact) mass is 312 g/mol. The fourth-order valence-corrected chi connectivity index (χ4v) is 2.05. The Morgan fingerprint density at radius 2 is 1.05 bits per heavy atom. The highest BCUT2D eigenvalue weighted by atomic mass is 31.2. The summed E-state index contributed by atoms with van der Waals surface area (Å²) in [5.41, 5.74) is 0. The number of hydrogen-bond acceptors (Lipinski definition) is 1. The van der Waals surface area contributed by atoms with Crippen molar-refractivity contribution in [1.82, 2.24) is 0 Å². The van der Waals surface area contributed by atoms with Crippen LogP contribution in [0.3, 0.4) is 0 Å². The summed E-state index contributed by atoms with van der Waals surface area (Å²) in [5, 5.41) is 0. The van der Waals surface area contributed by atoms with E-state index >= 15 is 0 Å². The highest BCUT2D eigenvalue weighted by Crippen LogP contribution is 2.25. The molecule has 0 aromatic heterocycles. The molecule has 0 heterocycles. The molecular weight excluding hydrogens is 277 g/mol. The van der Waals surface area contributed by atoms with Gasteiger partial charge in [0, 0.05) is 0 Å². The van der Waals surface area contributed by atoms with Crippen LogP contribution in [0.25, 0.3) is 0 Å². The Hall–Kier alpha value is 0.0700. The molecule has 124 valence electrons. The van der Waals surface area contributed by atoms with Crippen LogP contribution in [0.4, 0.5) is 0 Å². The van der Waals surface area contributed by atoms with E-state index in [1.807, 2.05) is 0 Å². The Kier molecular flexibility index (Phi) is 14.3. The zero-order valence-electron chi connectivity index (χ0n) is 13.7. The number of phosphoric acid groups is 1. The Morgan fingerprint density at radius 1 is 0.750 bits per heavy atom. The van der Waals surface area contributed by atoms with E-state index in [4.69, 9.17) is 19.2 Å². The fraction of sp³-hybridized carbons (Fsp3) is 1.00. The van der Waals surface area contributed by atoms with E-state index in [1.165, 1.54) is 68.9 Å². The van der Waals surface area contributed by atoms with Gasteiger partial charge in [0.1, 0.15) is 0 Å². The molecule has 0 aromatic rings. The minimum Gasteiger partial charge on any atom is -0.328 e. The largest absolute Gasteiger partial charge is 0.466 e. The van der Waals surface area contributed by atoms with Gasteiger partial charge in [0.05, 0.1) is 27.2 Å². The van der Waals surface area contributed by atoms with Gasteiger partial charge >= 0.3 is 7.82 Å². The smallest absolute Gasteiger partial charge is 0.328 e. The number of unbranched alkanes of at least 4 members (excludes halogenated alkanes) is 6. The molecular formula is C14H35NO4P+. The average molecular weight is 312 g/mol. The molecule has 0 aliphatic rings. The van der Waals surface area contributed by atoms with E-state index in [-0.39, 0.29) is 0 Å². The van der Waals surface area contributed by atoms with Gasteiger partial charge in [-0.15, -0.1) is 0 Å². The number of quaternary nitrogens is 1. The summed E-state index contributed by atoms with van der Waals surface area (Å²) < 4.78 is 10.1. The van der Waals surface area contributed by atoms with Crippen molar-refractivity contribution in [2.45, 2.75) is 65.2 Å². The minimum atomic E-state index is -4.64. The van der Waals surface area contributed by atoms with Gasteiger partial charge in [-0.2, -0.15) is 0 Å². The van der Waals surface area contributed by atoms with Crippen molar-refractivity contribution in [3.05, 3.63) is 0 Å². The Balaban J connectivity index is 0. The van der Waals surface area contributed by atoms with Crippen molar-refractivity contribution < 1.29 is 23.7 Å². The molecule has 5 nitrogen and oxygen atoms in total. The van der Waals surface area contributed by atoms with Crippen LogP contribution in [0, 0.1) is 0 Å². The van der Waals surface area contributed by atoms with Crippen molar-refractivity contribution in [3.8, 4) is 0 Å². The van der Waals surface area contributed by atoms with Gasteiger partial charge in [-0.05, 0) is 25.7 Å². The van der Waals surface area contributed by atoms with Crippen LogP contribution >= 0.6 is 7.82 Å². The van der Waals surface area contributed by atoms with Gasteiger partial charge in [0.2, 0.25) is 0 Å². The van der Waals surface area contributed by atoms with Crippen LogP contribution < -0.4 is 0 Å². The van der Waals surface area contributed by atoms with E-state index in [0.717, 1.165) is 0 Å². The summed E-state index contributed by atoms with van der Waals surface area (Å²) in [6.45, 7) is 7.30. The molecule has 0 atom stereocenters. The maximum Gasteiger partial charge on any atom is 0.466 e. The molecule has 6 heteroatoms. The van der Waals surface area contributed by atoms with E-state index < -0.39 is 7.82 Å². The first-order valence-electron chi connectivity index (χ1n) is 7.72. The van der Waals surface area contributed by atoms with Gasteiger partial charge < -0.3 is 19.2 Å². The molecule has 0 unspecified atom stereocenters. The van der Waals surface area contributed by atoms with Crippen molar-refractivity contribution in [3.63, 3.8) is 0 Å². The summed E-state index contributed by atoms with van der Waals surface area (Å²) >= 11 is 0. The van der Waals surface area contributed by atoms with Gasteiger partial charge in [-0.3, -0.25) is 0 Å². The van der Waals surface area contributed by atoms with Gasteiger partial charge in [-0.1, -0.05) is 39.5 Å². The summed E-state index contributed by atoms with van der Waals surface area (Å²) in [5.74, 6) is 0. The Bertz CT molecular complexity index is 231. The second-order valence-electron chi connectivity index (χ2n) is 6.02. The van der Waals surface area contributed by atoms with E-state index in [1.54, 1.807) is 0 Å². The van der Waals surface area contributed by atoms with Crippen molar-refractivity contribution in [1.29, 1.82) is 0 Å². The SMILES string of the molecule is CCCCCC[N+](C)(C)CCCCCC.O=P(O)(O)O. The number of nitrogens with zero attached hydrogens (tertiary/aromatic N) is 1. The van der Waals surface area contributed by atoms with Gasteiger partial charge in [-0.25, -0.2) is 4.57 Å². The van der Waals surface area contributed by atoms with Crippen LogP contribution in [0.5, 0.6) is 0 Å². The van der Waals surface area contributed by atoms with Crippen molar-refractivity contribution >= 4 is 7.82 Å². The quantitative estimate of drug-likeness (QED) is 0.328. The van der Waals surface area contributed by atoms with E-state index in [9.17, 15) is 0 Å². The third kappa shape index (κ3) is 26.6. The first kappa shape index (κ1) is 22.4. The molecule has 0 radical (unpaired) electrons. The Morgan fingerprint density at radius 3 is 1.30 bits per heavy atom. The predicted molar refractivity (Wildman–Crippen MR) is 84.4 cm³/mol. The predicted octanol–water partition coefficient (Wildman–Crippen LogP) is 3.29. The molecule has 0 aromatic carbocycles. The van der Waals surface area contributed by atoms with Crippen LogP contribution in [0.2, 0.25) is 0 Å². The van der Waals surface area contributed by atoms with Crippen molar-refractivity contribution in [2.24, 2.45) is 0 Å². The fourth-order valence-electron chi connectivity index (χ4n) is 2.05. The molecule has 20 heavy (non-hydrogen) atoms. The second-order valence-corrected chi connectivity index (χ2v) is 7.04. The molecule has 0 aliphatic carbocycles. The lowest BCUT2D eigenvalue weighted by Gasteiger charge is -2.30. The van der Waals surface area contributed by atoms with E-state index in [0.29, 0.717) is 0 Å². The topological polar surface area (TPSA) is 77.8 Å². The normalized spacial score (nSPS) is 11.9. The molecule has 0 spiro atoms. The maximum absolute atomic E-state index is 8.88. The lowest BCUT2D eigenvalue weighted by Crippen LogP contribution is -2.41. The zero-order chi connectivity index (χ0) is 16.1. The van der Waals surface area contributed by atoms with Crippen LogP contribution in [0.1, 0.15) is 65.2 Å². The van der Waals surface area contributed by atoms with Crippen LogP contribution in [-0.4, -0.2) is 46.3 Å². The standard InChI is InChI=1S/C14H32N.H3O4P/c1-5-7-9-11-13-15(3,4)14-12-10-8-6-2;1-5(2,3)4/h5-14H2,1-4H3;(H3,1,2,3,4)/q+1;. The van der Waals surface area contributed by atoms with Crippen LogP contribution in [0.15, 0.2) is 0 Å². The summed E-state index contributed by atoms with van der Waals surface area (Å²) in [4.78, 5) is 21.6. The minimum absolute atomic E-state index is 1.23. The maximum atomic E-state index is 8.88. The Labute approximate surface area is 124 Å². The molecule has 3 N–H and O–H groups in total. The van der Waals surface area contributed by atoms with E-state index in [2.05, 4.69) is 27.9 Å². The molecule has 0 aliphatic heterocycles. The summed E-state index contributed by atoms with van der Waals surface area (Å²) in [7, 11) is 0.135. The lowest BCUT2D eigenvalue weighted by molar-refractivity contribution is -0.890. The highest BCUT2D eigenvalue weighted by molar-refractivity contribution is 7.45. The van der Waals surface area contributed by atoms with Crippen LogP contribution in [-0.2, 0) is 4.57 Å². The molecule has 0 rings (SSSR count). The average Bonchev–Trinajstić information content (AvgIpc) is 2.28. The third-order valence-electron chi connectivity index (χ3n) is 3.23. The third-order valence-corrected chi connectivity index (χ3v) is 3.23. The summed E-state index contributed by atoms with van der Waals surface area (Å²) in [6, 6.07) is 0. The molecule has 0 saturated carbocycles. The first-order chi connectivity index (χ1) is 9.12. The first-order valence-corrected chi connectivity index (χ1v) is 9.29. The molecule has 0 bridgehead atoms.